The van der Waals surface area contributed by atoms with E-state index in [0.29, 0.717) is 10.3 Å². The Kier molecular flexibility index (Phi) is 2.29. The molecular weight excluding hydrogens is 286 g/mol. The van der Waals surface area contributed by atoms with Gasteiger partial charge in [-0.15, -0.1) is 0 Å². The van der Waals surface area contributed by atoms with Gasteiger partial charge in [-0.3, -0.25) is 4.79 Å². The molecule has 5 nitrogen and oxygen atoms in total. The van der Waals surface area contributed by atoms with Crippen LogP contribution in [0.3, 0.4) is 0 Å². The van der Waals surface area contributed by atoms with Gasteiger partial charge in [0.2, 0.25) is 0 Å². The monoisotopic (exact) mass is 291 g/mol. The van der Waals surface area contributed by atoms with Crippen LogP contribution in [-0.2, 0) is 0 Å². The van der Waals surface area contributed by atoms with Crippen molar-refractivity contribution in [1.82, 2.24) is 14.5 Å². The van der Waals surface area contributed by atoms with Gasteiger partial charge >= 0.3 is 5.84 Å². The average Bonchev–Trinajstić information content (AvgIpc) is 2.79. The van der Waals surface area contributed by atoms with Crippen LogP contribution >= 0.6 is 15.9 Å². The van der Waals surface area contributed by atoms with Crippen molar-refractivity contribution < 1.29 is 4.52 Å². The van der Waals surface area contributed by atoms with Gasteiger partial charge in [0.15, 0.2) is 5.82 Å². The van der Waals surface area contributed by atoms with Gasteiger partial charge in [-0.05, 0) is 15.9 Å². The van der Waals surface area contributed by atoms with E-state index in [1.165, 1.54) is 10.6 Å². The first-order chi connectivity index (χ1) is 8.27. The lowest BCUT2D eigenvalue weighted by atomic mass is 10.2. The molecule has 0 aliphatic carbocycles. The van der Waals surface area contributed by atoms with Gasteiger partial charge in [-0.1, -0.05) is 35.5 Å². The lowest BCUT2D eigenvalue weighted by molar-refractivity contribution is 0.448. The SMILES string of the molecule is O=c1c(Br)cnc2onc(-c3ccccc3)n12. The van der Waals surface area contributed by atoms with E-state index in [1.54, 1.807) is 0 Å². The van der Waals surface area contributed by atoms with Crippen molar-refractivity contribution in [3.63, 3.8) is 0 Å². The largest absolute Gasteiger partial charge is 0.335 e. The van der Waals surface area contributed by atoms with Crippen LogP contribution < -0.4 is 5.56 Å². The zero-order chi connectivity index (χ0) is 11.8. The molecule has 84 valence electrons. The summed E-state index contributed by atoms with van der Waals surface area (Å²) in [5.74, 6) is 0.622. The predicted octanol–water partition coefficient (Wildman–Crippen LogP) is 2.11. The van der Waals surface area contributed by atoms with Crippen LogP contribution in [0.15, 0.2) is 50.3 Å². The molecule has 2 heterocycles. The number of benzene rings is 1. The molecule has 2 aromatic heterocycles. The predicted molar refractivity (Wildman–Crippen MR) is 64.7 cm³/mol. The molecule has 0 N–H and O–H groups in total. The highest BCUT2D eigenvalue weighted by Gasteiger charge is 2.13. The van der Waals surface area contributed by atoms with Gasteiger partial charge in [-0.2, -0.15) is 0 Å². The Balaban J connectivity index is 2.39. The Bertz CT molecular complexity index is 733. The number of halogens is 1. The number of fused-ring (bicyclic) bond motifs is 1. The Morgan fingerprint density at radius 2 is 2.00 bits per heavy atom. The zero-order valence-corrected chi connectivity index (χ0v) is 10.1. The summed E-state index contributed by atoms with van der Waals surface area (Å²) in [7, 11) is 0. The van der Waals surface area contributed by atoms with Gasteiger partial charge in [0, 0.05) is 5.56 Å². The lowest BCUT2D eigenvalue weighted by Gasteiger charge is -1.96. The molecule has 0 atom stereocenters. The molecule has 0 aliphatic rings. The first kappa shape index (κ1) is 10.2. The standard InChI is InChI=1S/C11H6BrN3O2/c12-8-6-13-11-15(10(8)16)9(14-17-11)7-4-2-1-3-5-7/h1-6H. The molecule has 0 unspecified atom stereocenters. The molecule has 0 bridgehead atoms. The third kappa shape index (κ3) is 1.57. The molecule has 0 radical (unpaired) electrons. The normalized spacial score (nSPS) is 10.9. The number of hydrogen-bond donors (Lipinski definition) is 0. The highest BCUT2D eigenvalue weighted by Crippen LogP contribution is 2.17. The quantitative estimate of drug-likeness (QED) is 0.689. The fourth-order valence-corrected chi connectivity index (χ4v) is 1.84. The maximum atomic E-state index is 12.0. The minimum atomic E-state index is -0.241. The maximum Gasteiger partial charge on any atom is 0.335 e. The van der Waals surface area contributed by atoms with Crippen LogP contribution in [-0.4, -0.2) is 14.5 Å². The lowest BCUT2D eigenvalue weighted by Crippen LogP contribution is -2.14. The average molecular weight is 292 g/mol. The van der Waals surface area contributed by atoms with Crippen LogP contribution in [0.2, 0.25) is 0 Å². The van der Waals surface area contributed by atoms with Crippen LogP contribution in [0.5, 0.6) is 0 Å². The number of aromatic nitrogens is 3. The van der Waals surface area contributed by atoms with Crippen molar-refractivity contribution in [2.75, 3.05) is 0 Å². The van der Waals surface area contributed by atoms with Crippen molar-refractivity contribution in [1.29, 1.82) is 0 Å². The molecule has 17 heavy (non-hydrogen) atoms. The van der Waals surface area contributed by atoms with E-state index in [9.17, 15) is 4.79 Å². The van der Waals surface area contributed by atoms with E-state index in [-0.39, 0.29) is 11.4 Å². The van der Waals surface area contributed by atoms with Gasteiger partial charge in [-0.25, -0.2) is 9.38 Å². The number of rotatable bonds is 1. The molecule has 3 rings (SSSR count). The smallest absolute Gasteiger partial charge is 0.314 e. The first-order valence-electron chi connectivity index (χ1n) is 4.86. The minimum absolute atomic E-state index is 0.178. The Hall–Kier alpha value is -1.95. The van der Waals surface area contributed by atoms with Crippen LogP contribution in [0.25, 0.3) is 17.2 Å². The Labute approximate surface area is 104 Å². The van der Waals surface area contributed by atoms with E-state index in [2.05, 4.69) is 26.1 Å². The van der Waals surface area contributed by atoms with Crippen molar-refractivity contribution in [3.8, 4) is 11.4 Å². The summed E-state index contributed by atoms with van der Waals surface area (Å²) in [5.41, 5.74) is 0.559. The molecular formula is C11H6BrN3O2. The summed E-state index contributed by atoms with van der Waals surface area (Å²) in [4.78, 5) is 15.9. The van der Waals surface area contributed by atoms with E-state index in [4.69, 9.17) is 4.52 Å². The van der Waals surface area contributed by atoms with Gasteiger partial charge < -0.3 is 4.52 Å². The van der Waals surface area contributed by atoms with E-state index in [1.807, 2.05) is 30.3 Å². The molecule has 1 aromatic carbocycles. The molecule has 6 heteroatoms. The van der Waals surface area contributed by atoms with E-state index >= 15 is 0 Å². The summed E-state index contributed by atoms with van der Waals surface area (Å²) in [6, 6.07) is 9.33. The van der Waals surface area contributed by atoms with E-state index in [0.717, 1.165) is 5.56 Å². The Morgan fingerprint density at radius 1 is 1.24 bits per heavy atom. The third-order valence-corrected chi connectivity index (χ3v) is 2.89. The van der Waals surface area contributed by atoms with Crippen molar-refractivity contribution >= 4 is 21.8 Å². The fourth-order valence-electron chi connectivity index (χ4n) is 1.56. The number of hydrogen-bond acceptors (Lipinski definition) is 4. The molecule has 0 fully saturated rings. The molecule has 0 amide bonds. The minimum Gasteiger partial charge on any atom is -0.314 e. The topological polar surface area (TPSA) is 60.4 Å². The van der Waals surface area contributed by atoms with Gasteiger partial charge in [0.1, 0.15) is 4.47 Å². The highest BCUT2D eigenvalue weighted by molar-refractivity contribution is 9.10. The highest BCUT2D eigenvalue weighted by atomic mass is 79.9. The summed E-state index contributed by atoms with van der Waals surface area (Å²) < 4.78 is 6.72. The molecule has 0 spiro atoms. The summed E-state index contributed by atoms with van der Waals surface area (Å²) in [6.07, 6.45) is 1.40. The summed E-state index contributed by atoms with van der Waals surface area (Å²) >= 11 is 3.14. The van der Waals surface area contributed by atoms with Gasteiger partial charge in [0.25, 0.3) is 5.56 Å². The number of nitrogens with zero attached hydrogens (tertiary/aromatic N) is 3. The second-order valence-electron chi connectivity index (χ2n) is 3.40. The molecule has 0 aliphatic heterocycles. The first-order valence-corrected chi connectivity index (χ1v) is 5.65. The summed E-state index contributed by atoms with van der Waals surface area (Å²) in [5, 5.41) is 3.87. The summed E-state index contributed by atoms with van der Waals surface area (Å²) in [6.45, 7) is 0. The Morgan fingerprint density at radius 3 is 2.76 bits per heavy atom. The van der Waals surface area contributed by atoms with Crippen molar-refractivity contribution in [2.45, 2.75) is 0 Å². The third-order valence-electron chi connectivity index (χ3n) is 2.34. The molecule has 3 aromatic rings. The van der Waals surface area contributed by atoms with Crippen LogP contribution in [0, 0.1) is 0 Å². The van der Waals surface area contributed by atoms with Crippen molar-refractivity contribution in [2.24, 2.45) is 0 Å². The second-order valence-corrected chi connectivity index (χ2v) is 4.26. The van der Waals surface area contributed by atoms with Crippen molar-refractivity contribution in [3.05, 3.63) is 51.4 Å². The van der Waals surface area contributed by atoms with Gasteiger partial charge in [0.05, 0.1) is 6.20 Å². The van der Waals surface area contributed by atoms with E-state index < -0.39 is 0 Å². The molecule has 0 saturated heterocycles. The fraction of sp³-hybridized carbons (Fsp3) is 0. The zero-order valence-electron chi connectivity index (χ0n) is 8.50. The van der Waals surface area contributed by atoms with Crippen LogP contribution in [0.1, 0.15) is 0 Å². The second kappa shape index (κ2) is 3.81. The maximum absolute atomic E-state index is 12.0. The van der Waals surface area contributed by atoms with Crippen LogP contribution in [0.4, 0.5) is 0 Å². The molecule has 0 saturated carbocycles.